The van der Waals surface area contributed by atoms with E-state index in [1.54, 1.807) is 0 Å². The van der Waals surface area contributed by atoms with Gasteiger partial charge in [-0.25, -0.2) is 0 Å². The summed E-state index contributed by atoms with van der Waals surface area (Å²) in [6.07, 6.45) is 2.46. The summed E-state index contributed by atoms with van der Waals surface area (Å²) < 4.78 is 0. The monoisotopic (exact) mass is 178 g/mol. The average Bonchev–Trinajstić information content (AvgIpc) is 2.58. The van der Waals surface area contributed by atoms with E-state index in [4.69, 9.17) is 11.6 Å². The highest BCUT2D eigenvalue weighted by Gasteiger charge is 2.13. The van der Waals surface area contributed by atoms with E-state index in [0.29, 0.717) is 0 Å². The van der Waals surface area contributed by atoms with Crippen LogP contribution in [0.3, 0.4) is 0 Å². The fourth-order valence-electron chi connectivity index (χ4n) is 1.47. The maximum absolute atomic E-state index is 5.79. The zero-order chi connectivity index (χ0) is 8.39. The lowest BCUT2D eigenvalue weighted by Gasteiger charge is -2.17. The maximum Gasteiger partial charge on any atom is 0.246 e. The minimum atomic E-state index is 0.804. The fraction of sp³-hybridized carbons (Fsp3) is 0.333. The van der Waals surface area contributed by atoms with Gasteiger partial charge in [-0.1, -0.05) is 17.9 Å². The molecular formula is C9H10BClN. The third-order valence-corrected chi connectivity index (χ3v) is 2.36. The minimum absolute atomic E-state index is 0.804. The van der Waals surface area contributed by atoms with E-state index < -0.39 is 0 Å². The number of hydrogen-bond acceptors (Lipinski definition) is 1. The van der Waals surface area contributed by atoms with Crippen LogP contribution in [0.25, 0.3) is 0 Å². The van der Waals surface area contributed by atoms with Gasteiger partial charge in [0.1, 0.15) is 0 Å². The van der Waals surface area contributed by atoms with Crippen LogP contribution in [0, 0.1) is 0 Å². The first-order valence-corrected chi connectivity index (χ1v) is 4.59. The Hall–Kier alpha value is -0.625. The SMILES string of the molecule is Clc1ccc(N2[B]CCC2)cc1. The van der Waals surface area contributed by atoms with E-state index in [-0.39, 0.29) is 0 Å². The number of benzene rings is 1. The summed E-state index contributed by atoms with van der Waals surface area (Å²) in [6, 6.07) is 7.99. The summed E-state index contributed by atoms with van der Waals surface area (Å²) in [6.45, 7) is 1.14. The number of hydrogen-bond donors (Lipinski definition) is 0. The quantitative estimate of drug-likeness (QED) is 0.598. The van der Waals surface area contributed by atoms with Gasteiger partial charge in [0.15, 0.2) is 0 Å². The van der Waals surface area contributed by atoms with Crippen LogP contribution in [0.1, 0.15) is 6.42 Å². The summed E-state index contributed by atoms with van der Waals surface area (Å²) in [5.41, 5.74) is 1.25. The molecular weight excluding hydrogens is 168 g/mol. The number of anilines is 1. The topological polar surface area (TPSA) is 3.24 Å². The van der Waals surface area contributed by atoms with Gasteiger partial charge >= 0.3 is 0 Å². The molecule has 61 valence electrons. The van der Waals surface area contributed by atoms with E-state index in [0.717, 1.165) is 11.6 Å². The first-order valence-electron chi connectivity index (χ1n) is 4.22. The molecule has 0 unspecified atom stereocenters. The van der Waals surface area contributed by atoms with Crippen LogP contribution in [0.15, 0.2) is 24.3 Å². The summed E-state index contributed by atoms with van der Waals surface area (Å²) in [5, 5.41) is 0.804. The van der Waals surface area contributed by atoms with Gasteiger partial charge < -0.3 is 4.81 Å². The Balaban J connectivity index is 2.17. The average molecular weight is 178 g/mol. The molecule has 12 heavy (non-hydrogen) atoms. The summed E-state index contributed by atoms with van der Waals surface area (Å²) in [4.78, 5) is 2.27. The third-order valence-electron chi connectivity index (χ3n) is 2.11. The lowest BCUT2D eigenvalue weighted by molar-refractivity contribution is 0.982. The Kier molecular flexibility index (Phi) is 2.27. The van der Waals surface area contributed by atoms with Gasteiger partial charge in [-0.15, -0.1) is 0 Å². The van der Waals surface area contributed by atoms with Crippen LogP contribution < -0.4 is 4.81 Å². The van der Waals surface area contributed by atoms with Crippen molar-refractivity contribution in [2.24, 2.45) is 0 Å². The third kappa shape index (κ3) is 1.58. The van der Waals surface area contributed by atoms with Gasteiger partial charge in [-0.2, -0.15) is 0 Å². The molecule has 0 amide bonds. The Bertz CT molecular complexity index is 254. The fourth-order valence-corrected chi connectivity index (χ4v) is 1.59. The maximum atomic E-state index is 5.79. The molecule has 0 spiro atoms. The van der Waals surface area contributed by atoms with Crippen molar-refractivity contribution in [3.63, 3.8) is 0 Å². The zero-order valence-corrected chi connectivity index (χ0v) is 7.59. The molecule has 0 bridgehead atoms. The van der Waals surface area contributed by atoms with Crippen molar-refractivity contribution in [1.82, 2.24) is 0 Å². The van der Waals surface area contributed by atoms with Crippen LogP contribution in [0.2, 0.25) is 11.3 Å². The molecule has 1 radical (unpaired) electrons. The smallest absolute Gasteiger partial charge is 0.246 e. The van der Waals surface area contributed by atoms with Crippen molar-refractivity contribution in [3.05, 3.63) is 29.3 Å². The predicted molar refractivity (Wildman–Crippen MR) is 54.0 cm³/mol. The van der Waals surface area contributed by atoms with Gasteiger partial charge in [-0.05, 0) is 30.7 Å². The van der Waals surface area contributed by atoms with Crippen LogP contribution in [0.5, 0.6) is 0 Å². The standard InChI is InChI=1S/C9H10BClN/c11-8-2-4-9(5-3-8)12-7-1-6-10-12/h2-5H,1,6-7H2. The Morgan fingerprint density at radius 3 is 2.58 bits per heavy atom. The van der Waals surface area contributed by atoms with Crippen molar-refractivity contribution in [1.29, 1.82) is 0 Å². The Labute approximate surface area is 78.6 Å². The molecule has 0 N–H and O–H groups in total. The molecule has 0 aromatic heterocycles. The van der Waals surface area contributed by atoms with Gasteiger partial charge in [0.2, 0.25) is 7.41 Å². The molecule has 1 fully saturated rings. The molecule has 0 saturated carbocycles. The molecule has 1 saturated heterocycles. The lowest BCUT2D eigenvalue weighted by Crippen LogP contribution is -2.20. The van der Waals surface area contributed by atoms with Gasteiger partial charge in [-0.3, -0.25) is 0 Å². The van der Waals surface area contributed by atoms with Crippen LogP contribution in [-0.4, -0.2) is 14.0 Å². The lowest BCUT2D eigenvalue weighted by atomic mass is 9.90. The molecule has 1 aromatic carbocycles. The van der Waals surface area contributed by atoms with E-state index in [1.165, 1.54) is 18.4 Å². The van der Waals surface area contributed by atoms with Crippen molar-refractivity contribution < 1.29 is 0 Å². The predicted octanol–water partition coefficient (Wildman–Crippen LogP) is 2.59. The van der Waals surface area contributed by atoms with E-state index in [2.05, 4.69) is 24.4 Å². The van der Waals surface area contributed by atoms with E-state index in [1.807, 2.05) is 12.1 Å². The van der Waals surface area contributed by atoms with Crippen molar-refractivity contribution in [2.75, 3.05) is 11.4 Å². The highest BCUT2D eigenvalue weighted by Crippen LogP contribution is 2.20. The van der Waals surface area contributed by atoms with E-state index in [9.17, 15) is 0 Å². The second kappa shape index (κ2) is 3.40. The van der Waals surface area contributed by atoms with Gasteiger partial charge in [0.05, 0.1) is 0 Å². The summed E-state index contributed by atoms with van der Waals surface area (Å²) in [7, 11) is 2.24. The van der Waals surface area contributed by atoms with Crippen molar-refractivity contribution in [3.8, 4) is 0 Å². The second-order valence-corrected chi connectivity index (χ2v) is 3.43. The van der Waals surface area contributed by atoms with Crippen molar-refractivity contribution in [2.45, 2.75) is 12.7 Å². The Morgan fingerprint density at radius 2 is 2.00 bits per heavy atom. The number of nitrogens with zero attached hydrogens (tertiary/aromatic N) is 1. The van der Waals surface area contributed by atoms with Crippen LogP contribution in [-0.2, 0) is 0 Å². The highest BCUT2D eigenvalue weighted by atomic mass is 35.5. The molecule has 0 atom stereocenters. The van der Waals surface area contributed by atoms with Gasteiger partial charge in [0, 0.05) is 17.3 Å². The largest absolute Gasteiger partial charge is 0.419 e. The summed E-state index contributed by atoms with van der Waals surface area (Å²) in [5.74, 6) is 0. The van der Waals surface area contributed by atoms with Crippen molar-refractivity contribution >= 4 is 24.7 Å². The zero-order valence-electron chi connectivity index (χ0n) is 6.83. The molecule has 2 rings (SSSR count). The summed E-state index contributed by atoms with van der Waals surface area (Å²) >= 11 is 5.79. The first kappa shape index (κ1) is 8.00. The molecule has 1 heterocycles. The molecule has 3 heteroatoms. The molecule has 1 aliphatic rings. The molecule has 0 aliphatic carbocycles. The normalized spacial score (nSPS) is 16.2. The number of rotatable bonds is 1. The van der Waals surface area contributed by atoms with Crippen LogP contribution in [0.4, 0.5) is 5.69 Å². The number of halogens is 1. The minimum Gasteiger partial charge on any atom is -0.419 e. The van der Waals surface area contributed by atoms with Gasteiger partial charge in [0.25, 0.3) is 0 Å². The highest BCUT2D eigenvalue weighted by molar-refractivity contribution is 6.42. The van der Waals surface area contributed by atoms with Crippen LogP contribution >= 0.6 is 11.6 Å². The van der Waals surface area contributed by atoms with E-state index >= 15 is 0 Å². The molecule has 1 nitrogen and oxygen atoms in total. The molecule has 1 aromatic rings. The second-order valence-electron chi connectivity index (χ2n) is 2.99. The first-order chi connectivity index (χ1) is 5.86. The Morgan fingerprint density at radius 1 is 1.25 bits per heavy atom. The molecule has 1 aliphatic heterocycles.